The third-order valence-corrected chi connectivity index (χ3v) is 13.3. The monoisotopic (exact) mass is 961 g/mol. The molecule has 14 heteroatoms. The van der Waals surface area contributed by atoms with Crippen molar-refractivity contribution in [2.24, 2.45) is 0 Å². The van der Waals surface area contributed by atoms with E-state index in [1.807, 2.05) is 0 Å². The molecule has 0 bridgehead atoms. The molecule has 0 amide bonds. The molecule has 396 valence electrons. The molecule has 2 aliphatic rings. The van der Waals surface area contributed by atoms with Crippen LogP contribution in [0, 0.1) is 0 Å². The fourth-order valence-corrected chi connectivity index (χ4v) is 8.81. The van der Waals surface area contributed by atoms with Gasteiger partial charge in [0.1, 0.15) is 54.9 Å². The van der Waals surface area contributed by atoms with Crippen LogP contribution in [0.2, 0.25) is 0 Å². The molecule has 2 heterocycles. The Morgan fingerprint density at radius 1 is 0.478 bits per heavy atom. The summed E-state index contributed by atoms with van der Waals surface area (Å²) in [6.07, 6.45) is 27.0. The van der Waals surface area contributed by atoms with Gasteiger partial charge in [-0.05, 0) is 38.5 Å². The van der Waals surface area contributed by atoms with Crippen molar-refractivity contribution in [1.29, 1.82) is 0 Å². The molecule has 2 fully saturated rings. The number of allylic oxidation sites excluding steroid dienone is 2. The number of aliphatic hydroxyl groups is 7. The highest BCUT2D eigenvalue weighted by molar-refractivity contribution is 5.69. The zero-order valence-electron chi connectivity index (χ0n) is 42.2. The molecule has 11 atom stereocenters. The van der Waals surface area contributed by atoms with E-state index >= 15 is 0 Å². The third kappa shape index (κ3) is 29.0. The summed E-state index contributed by atoms with van der Waals surface area (Å²) < 4.78 is 34.3. The first kappa shape index (κ1) is 61.8. The first-order chi connectivity index (χ1) is 32.6. The van der Waals surface area contributed by atoms with E-state index in [0.29, 0.717) is 13.0 Å². The molecular formula is C53H100O14. The fraction of sp³-hybridized carbons (Fsp3) is 0.943. The van der Waals surface area contributed by atoms with Gasteiger partial charge in [-0.2, -0.15) is 0 Å². The molecule has 0 aromatic heterocycles. The van der Waals surface area contributed by atoms with Crippen LogP contribution in [0.15, 0.2) is 12.2 Å². The van der Waals surface area contributed by atoms with Crippen LogP contribution in [-0.4, -0.2) is 142 Å². The summed E-state index contributed by atoms with van der Waals surface area (Å²) in [5.41, 5.74) is 0. The lowest BCUT2D eigenvalue weighted by atomic mass is 9.98. The molecule has 2 aliphatic heterocycles. The molecule has 7 N–H and O–H groups in total. The number of unbranched alkanes of at least 4 members (excludes halogenated alkanes) is 28. The zero-order chi connectivity index (χ0) is 48.7. The van der Waals surface area contributed by atoms with Crippen molar-refractivity contribution >= 4 is 5.97 Å². The number of aliphatic hydroxyl groups excluding tert-OH is 7. The van der Waals surface area contributed by atoms with Crippen LogP contribution in [0.25, 0.3) is 0 Å². The van der Waals surface area contributed by atoms with E-state index in [1.165, 1.54) is 135 Å². The summed E-state index contributed by atoms with van der Waals surface area (Å²) in [5.74, 6) is -0.381. The maximum absolute atomic E-state index is 13.0. The Labute approximate surface area is 405 Å². The number of carbonyl (C=O) groups is 1. The van der Waals surface area contributed by atoms with Crippen LogP contribution < -0.4 is 0 Å². The molecule has 0 spiro atoms. The quantitative estimate of drug-likeness (QED) is 0.0173. The van der Waals surface area contributed by atoms with Crippen molar-refractivity contribution in [3.63, 3.8) is 0 Å². The molecule has 67 heavy (non-hydrogen) atoms. The first-order valence-corrected chi connectivity index (χ1v) is 27.3. The van der Waals surface area contributed by atoms with E-state index in [1.54, 1.807) is 0 Å². The van der Waals surface area contributed by atoms with E-state index in [9.17, 15) is 40.5 Å². The summed E-state index contributed by atoms with van der Waals surface area (Å²) in [7, 11) is 0. The van der Waals surface area contributed by atoms with Crippen molar-refractivity contribution in [3.8, 4) is 0 Å². The second-order valence-electron chi connectivity index (χ2n) is 19.4. The Hall–Kier alpha value is -1.27. The highest BCUT2D eigenvalue weighted by Gasteiger charge is 2.47. The number of rotatable bonds is 44. The van der Waals surface area contributed by atoms with Crippen molar-refractivity contribution in [2.75, 3.05) is 33.0 Å². The van der Waals surface area contributed by atoms with Gasteiger partial charge < -0.3 is 64.2 Å². The van der Waals surface area contributed by atoms with Crippen LogP contribution >= 0.6 is 0 Å². The van der Waals surface area contributed by atoms with Gasteiger partial charge in [0.05, 0.1) is 26.4 Å². The van der Waals surface area contributed by atoms with Crippen molar-refractivity contribution in [1.82, 2.24) is 0 Å². The molecule has 0 aromatic carbocycles. The molecule has 2 saturated heterocycles. The Bertz CT molecular complexity index is 1160. The average Bonchev–Trinajstić information content (AvgIpc) is 3.32. The van der Waals surface area contributed by atoms with Crippen LogP contribution in [0.4, 0.5) is 0 Å². The first-order valence-electron chi connectivity index (χ1n) is 27.3. The Morgan fingerprint density at radius 3 is 1.37 bits per heavy atom. The summed E-state index contributed by atoms with van der Waals surface area (Å²) >= 11 is 0. The van der Waals surface area contributed by atoms with Gasteiger partial charge in [0.15, 0.2) is 12.6 Å². The van der Waals surface area contributed by atoms with E-state index in [-0.39, 0.29) is 25.6 Å². The highest BCUT2D eigenvalue weighted by Crippen LogP contribution is 2.27. The van der Waals surface area contributed by atoms with Gasteiger partial charge in [-0.15, -0.1) is 0 Å². The lowest BCUT2D eigenvalue weighted by Gasteiger charge is -2.42. The minimum Gasteiger partial charge on any atom is -0.457 e. The van der Waals surface area contributed by atoms with Crippen molar-refractivity contribution < 1.29 is 69.0 Å². The predicted molar refractivity (Wildman–Crippen MR) is 261 cm³/mol. The van der Waals surface area contributed by atoms with E-state index in [4.69, 9.17) is 28.4 Å². The van der Waals surface area contributed by atoms with Crippen LogP contribution in [0.1, 0.15) is 219 Å². The topological polar surface area (TPSA) is 214 Å². The Kier molecular flexibility index (Phi) is 38.2. The molecule has 0 saturated carbocycles. The standard InChI is InChI=1S/C53H100O14/c1-3-5-7-9-11-13-15-17-18-19-20-21-22-23-25-27-29-31-33-35-37-62-39-42(65-45(55)36-34-32-30-28-26-24-16-14-12-10-8-6-4-2)40-63-52-51(61)49(59)47(57)44(67-52)41-64-53-50(60)48(58)46(56)43(38-54)66-53/h14,16,42-44,46-54,56-61H,3-13,15,17-41H2,1-2H3/b16-14-. The summed E-state index contributed by atoms with van der Waals surface area (Å²) in [4.78, 5) is 13.0. The summed E-state index contributed by atoms with van der Waals surface area (Å²) in [6, 6.07) is 0. The maximum Gasteiger partial charge on any atom is 0.306 e. The van der Waals surface area contributed by atoms with Crippen molar-refractivity contribution in [2.45, 2.75) is 287 Å². The van der Waals surface area contributed by atoms with E-state index in [0.717, 1.165) is 57.8 Å². The van der Waals surface area contributed by atoms with Gasteiger partial charge >= 0.3 is 5.97 Å². The lowest BCUT2D eigenvalue weighted by Crippen LogP contribution is -2.61. The van der Waals surface area contributed by atoms with Crippen molar-refractivity contribution in [3.05, 3.63) is 12.2 Å². The molecule has 0 radical (unpaired) electrons. The van der Waals surface area contributed by atoms with Crippen LogP contribution in [-0.2, 0) is 33.2 Å². The second kappa shape index (κ2) is 41.4. The minimum absolute atomic E-state index is 0.0641. The predicted octanol–water partition coefficient (Wildman–Crippen LogP) is 8.63. The van der Waals surface area contributed by atoms with Gasteiger partial charge in [0, 0.05) is 13.0 Å². The molecular weight excluding hydrogens is 861 g/mol. The average molecular weight is 961 g/mol. The molecule has 2 rings (SSSR count). The second-order valence-corrected chi connectivity index (χ2v) is 19.4. The molecule has 0 aliphatic carbocycles. The summed E-state index contributed by atoms with van der Waals surface area (Å²) in [5, 5.41) is 72.2. The lowest BCUT2D eigenvalue weighted by molar-refractivity contribution is -0.332. The molecule has 14 nitrogen and oxygen atoms in total. The highest BCUT2D eigenvalue weighted by atomic mass is 16.7. The normalized spacial score (nSPS) is 26.1. The van der Waals surface area contributed by atoms with Gasteiger partial charge in [-0.25, -0.2) is 0 Å². The zero-order valence-corrected chi connectivity index (χ0v) is 42.2. The number of carbonyl (C=O) groups excluding carboxylic acids is 1. The fourth-order valence-electron chi connectivity index (χ4n) is 8.81. The Balaban J connectivity index is 1.72. The maximum atomic E-state index is 13.0. The van der Waals surface area contributed by atoms with Gasteiger partial charge in [-0.1, -0.05) is 187 Å². The SMILES string of the molecule is CCCCCC/C=C\CCCCCCCC(=O)OC(COCCCCCCCCCCCCCCCCCCCCCC)COC1OC(COC2OC(CO)C(O)C(O)C2O)C(O)C(O)C1O. The van der Waals surface area contributed by atoms with Gasteiger partial charge in [-0.3, -0.25) is 4.79 Å². The summed E-state index contributed by atoms with van der Waals surface area (Å²) in [6.45, 7) is 3.70. The number of esters is 1. The number of ether oxygens (including phenoxy) is 6. The third-order valence-electron chi connectivity index (χ3n) is 13.3. The van der Waals surface area contributed by atoms with Crippen LogP contribution in [0.5, 0.6) is 0 Å². The van der Waals surface area contributed by atoms with E-state index < -0.39 is 80.7 Å². The van der Waals surface area contributed by atoms with Crippen LogP contribution in [0.3, 0.4) is 0 Å². The number of hydrogen-bond donors (Lipinski definition) is 7. The largest absolute Gasteiger partial charge is 0.457 e. The smallest absolute Gasteiger partial charge is 0.306 e. The van der Waals surface area contributed by atoms with E-state index in [2.05, 4.69) is 26.0 Å². The molecule has 0 aromatic rings. The number of hydrogen-bond acceptors (Lipinski definition) is 14. The Morgan fingerprint density at radius 2 is 0.881 bits per heavy atom. The van der Waals surface area contributed by atoms with Gasteiger partial charge in [0.2, 0.25) is 0 Å². The molecule has 11 unspecified atom stereocenters. The van der Waals surface area contributed by atoms with Gasteiger partial charge in [0.25, 0.3) is 0 Å². The minimum atomic E-state index is -1.70.